The maximum Gasteiger partial charge on any atom is 0.115 e. The standard InChI is InChI=1S/C22H27NO2/c24-20-8-4-7-18(13-20)22-10-12-23(19(15-22)14-21(25)16-22)11-9-17-5-2-1-3-6-17/h1-8,13,19,21,24-25H,9-12,14-16H2/t19-,21-,22-/m1/s1. The van der Waals surface area contributed by atoms with Gasteiger partial charge >= 0.3 is 0 Å². The number of hydrogen-bond donors (Lipinski definition) is 2. The number of likely N-dealkylation sites (tertiary alicyclic amines) is 1. The molecule has 3 nitrogen and oxygen atoms in total. The van der Waals surface area contributed by atoms with Gasteiger partial charge in [0.05, 0.1) is 6.10 Å². The summed E-state index contributed by atoms with van der Waals surface area (Å²) in [7, 11) is 0. The van der Waals surface area contributed by atoms with Crippen LogP contribution in [0.5, 0.6) is 5.75 Å². The maximum absolute atomic E-state index is 10.5. The Morgan fingerprint density at radius 2 is 1.88 bits per heavy atom. The molecule has 0 spiro atoms. The van der Waals surface area contributed by atoms with Crippen LogP contribution in [-0.2, 0) is 11.8 Å². The van der Waals surface area contributed by atoms with Crippen molar-refractivity contribution in [3.05, 3.63) is 65.7 Å². The van der Waals surface area contributed by atoms with Crippen LogP contribution in [0.25, 0.3) is 0 Å². The number of aliphatic hydroxyl groups excluding tert-OH is 1. The number of aromatic hydroxyl groups is 1. The molecule has 3 atom stereocenters. The molecule has 0 aromatic heterocycles. The van der Waals surface area contributed by atoms with E-state index in [1.54, 1.807) is 6.07 Å². The van der Waals surface area contributed by atoms with Crippen LogP contribution in [0.15, 0.2) is 54.6 Å². The molecule has 0 unspecified atom stereocenters. The zero-order valence-corrected chi connectivity index (χ0v) is 14.6. The summed E-state index contributed by atoms with van der Waals surface area (Å²) >= 11 is 0. The highest BCUT2D eigenvalue weighted by atomic mass is 16.3. The van der Waals surface area contributed by atoms with Crippen LogP contribution in [0.1, 0.15) is 36.8 Å². The largest absolute Gasteiger partial charge is 0.508 e. The van der Waals surface area contributed by atoms with Gasteiger partial charge in [-0.15, -0.1) is 0 Å². The first-order chi connectivity index (χ1) is 12.1. The van der Waals surface area contributed by atoms with E-state index in [0.717, 1.165) is 45.2 Å². The lowest BCUT2D eigenvalue weighted by atomic mass is 9.62. The summed E-state index contributed by atoms with van der Waals surface area (Å²) in [5.41, 5.74) is 2.59. The molecule has 1 saturated carbocycles. The molecule has 2 aromatic carbocycles. The fraction of sp³-hybridized carbons (Fsp3) is 0.455. The molecule has 0 amide bonds. The molecule has 132 valence electrons. The zero-order chi connectivity index (χ0) is 17.3. The van der Waals surface area contributed by atoms with E-state index in [1.807, 2.05) is 12.1 Å². The summed E-state index contributed by atoms with van der Waals surface area (Å²) in [6.07, 6.45) is 4.64. The van der Waals surface area contributed by atoms with Crippen molar-refractivity contribution >= 4 is 0 Å². The summed E-state index contributed by atoms with van der Waals surface area (Å²) in [5, 5.41) is 20.4. The zero-order valence-electron chi connectivity index (χ0n) is 14.6. The highest BCUT2D eigenvalue weighted by Gasteiger charge is 2.46. The molecule has 2 aliphatic rings. The average Bonchev–Trinajstić information content (AvgIpc) is 2.62. The molecule has 1 aliphatic heterocycles. The third kappa shape index (κ3) is 3.44. The Balaban J connectivity index is 1.50. The Kier molecular flexibility index (Phi) is 4.53. The van der Waals surface area contributed by atoms with Crippen molar-refractivity contribution in [1.29, 1.82) is 0 Å². The van der Waals surface area contributed by atoms with Crippen LogP contribution < -0.4 is 0 Å². The predicted molar refractivity (Wildman–Crippen MR) is 99.8 cm³/mol. The number of benzene rings is 2. The number of hydrogen-bond acceptors (Lipinski definition) is 3. The van der Waals surface area contributed by atoms with Gasteiger partial charge in [0.1, 0.15) is 5.75 Å². The van der Waals surface area contributed by atoms with E-state index < -0.39 is 0 Å². The fourth-order valence-electron chi connectivity index (χ4n) is 4.92. The minimum atomic E-state index is -0.249. The topological polar surface area (TPSA) is 43.7 Å². The second-order valence-electron chi connectivity index (χ2n) is 7.80. The van der Waals surface area contributed by atoms with Gasteiger partial charge in [0, 0.05) is 18.0 Å². The lowest BCUT2D eigenvalue weighted by Gasteiger charge is -2.52. The summed E-state index contributed by atoms with van der Waals surface area (Å²) in [6.45, 7) is 2.12. The predicted octanol–water partition coefficient (Wildman–Crippen LogP) is 3.49. The number of piperidine rings is 1. The summed E-state index contributed by atoms with van der Waals surface area (Å²) in [6, 6.07) is 18.8. The third-order valence-corrected chi connectivity index (χ3v) is 6.18. The Morgan fingerprint density at radius 3 is 2.68 bits per heavy atom. The molecular formula is C22H27NO2. The van der Waals surface area contributed by atoms with Gasteiger partial charge in [-0.2, -0.15) is 0 Å². The Bertz CT molecular complexity index is 717. The van der Waals surface area contributed by atoms with Crippen LogP contribution in [-0.4, -0.2) is 40.3 Å². The Labute approximate surface area is 149 Å². The molecule has 1 saturated heterocycles. The third-order valence-electron chi connectivity index (χ3n) is 6.18. The molecule has 2 fully saturated rings. The van der Waals surface area contributed by atoms with Crippen LogP contribution in [0.3, 0.4) is 0 Å². The summed E-state index contributed by atoms with van der Waals surface area (Å²) < 4.78 is 0. The van der Waals surface area contributed by atoms with Crippen LogP contribution in [0.4, 0.5) is 0 Å². The summed E-state index contributed by atoms with van der Waals surface area (Å²) in [5.74, 6) is 0.329. The van der Waals surface area contributed by atoms with Crippen LogP contribution >= 0.6 is 0 Å². The normalized spacial score (nSPS) is 29.5. The van der Waals surface area contributed by atoms with E-state index in [4.69, 9.17) is 0 Å². The molecule has 3 heteroatoms. The first kappa shape index (κ1) is 16.6. The van der Waals surface area contributed by atoms with Crippen molar-refractivity contribution < 1.29 is 10.2 Å². The van der Waals surface area contributed by atoms with Gasteiger partial charge < -0.3 is 10.2 Å². The average molecular weight is 337 g/mol. The molecule has 25 heavy (non-hydrogen) atoms. The first-order valence-corrected chi connectivity index (χ1v) is 9.40. The first-order valence-electron chi connectivity index (χ1n) is 9.40. The number of fused-ring (bicyclic) bond motifs is 2. The van der Waals surface area contributed by atoms with Gasteiger partial charge in [0.25, 0.3) is 0 Å². The van der Waals surface area contributed by atoms with Crippen molar-refractivity contribution in [3.8, 4) is 5.75 Å². The molecular weight excluding hydrogens is 310 g/mol. The minimum Gasteiger partial charge on any atom is -0.508 e. The maximum atomic E-state index is 10.5. The highest BCUT2D eigenvalue weighted by molar-refractivity contribution is 5.35. The van der Waals surface area contributed by atoms with Gasteiger partial charge in [-0.3, -0.25) is 4.90 Å². The Hall–Kier alpha value is -1.84. The number of phenolic OH excluding ortho intramolecular Hbond substituents is 1. The number of phenols is 1. The van der Waals surface area contributed by atoms with Crippen molar-refractivity contribution in [2.24, 2.45) is 0 Å². The van der Waals surface area contributed by atoms with Gasteiger partial charge in [0.2, 0.25) is 0 Å². The van der Waals surface area contributed by atoms with Crippen LogP contribution in [0.2, 0.25) is 0 Å². The fourth-order valence-corrected chi connectivity index (χ4v) is 4.92. The Morgan fingerprint density at radius 1 is 1.04 bits per heavy atom. The molecule has 2 aromatic rings. The summed E-state index contributed by atoms with van der Waals surface area (Å²) in [4.78, 5) is 2.57. The minimum absolute atomic E-state index is 0.0182. The molecule has 4 rings (SSSR count). The van der Waals surface area contributed by atoms with E-state index in [-0.39, 0.29) is 11.5 Å². The quantitative estimate of drug-likeness (QED) is 0.897. The molecule has 0 radical (unpaired) electrons. The van der Waals surface area contributed by atoms with Gasteiger partial charge in [0.15, 0.2) is 0 Å². The number of aliphatic hydroxyl groups is 1. The molecule has 1 heterocycles. The molecule has 1 aliphatic carbocycles. The number of nitrogens with zero attached hydrogens (tertiary/aromatic N) is 1. The van der Waals surface area contributed by atoms with E-state index in [9.17, 15) is 10.2 Å². The van der Waals surface area contributed by atoms with E-state index in [2.05, 4.69) is 41.3 Å². The van der Waals surface area contributed by atoms with Gasteiger partial charge in [-0.1, -0.05) is 42.5 Å². The smallest absolute Gasteiger partial charge is 0.115 e. The lowest BCUT2D eigenvalue weighted by molar-refractivity contribution is -0.0165. The highest BCUT2D eigenvalue weighted by Crippen LogP contribution is 2.47. The second kappa shape index (κ2) is 6.81. The van der Waals surface area contributed by atoms with Gasteiger partial charge in [-0.05, 0) is 61.9 Å². The van der Waals surface area contributed by atoms with Crippen molar-refractivity contribution in [3.63, 3.8) is 0 Å². The second-order valence-corrected chi connectivity index (χ2v) is 7.80. The molecule has 2 bridgehead atoms. The van der Waals surface area contributed by atoms with Crippen molar-refractivity contribution in [2.45, 2.75) is 49.7 Å². The van der Waals surface area contributed by atoms with E-state index in [1.165, 1.54) is 11.1 Å². The molecule has 2 N–H and O–H groups in total. The monoisotopic (exact) mass is 337 g/mol. The van der Waals surface area contributed by atoms with Gasteiger partial charge in [-0.25, -0.2) is 0 Å². The number of rotatable bonds is 4. The van der Waals surface area contributed by atoms with Crippen molar-refractivity contribution in [2.75, 3.05) is 13.1 Å². The SMILES string of the molecule is Oc1cccc([C@@]23CCN(CCc4ccccc4)[C@H](C[C@@H](O)C2)C3)c1. The van der Waals surface area contributed by atoms with Crippen LogP contribution in [0, 0.1) is 0 Å². The van der Waals surface area contributed by atoms with E-state index >= 15 is 0 Å². The lowest BCUT2D eigenvalue weighted by Crippen LogP contribution is -2.55. The van der Waals surface area contributed by atoms with E-state index in [0.29, 0.717) is 11.8 Å². The van der Waals surface area contributed by atoms with Crippen molar-refractivity contribution in [1.82, 2.24) is 4.90 Å².